The summed E-state index contributed by atoms with van der Waals surface area (Å²) in [5.41, 5.74) is -0.903. The average molecular weight is 232 g/mol. The van der Waals surface area contributed by atoms with E-state index in [2.05, 4.69) is 0 Å². The number of hydrogen-bond donors (Lipinski definition) is 1. The molecule has 0 unspecified atom stereocenters. The van der Waals surface area contributed by atoms with E-state index in [1.54, 1.807) is 0 Å². The van der Waals surface area contributed by atoms with E-state index in [-0.39, 0.29) is 11.8 Å². The predicted octanol–water partition coefficient (Wildman–Crippen LogP) is 1.48. The normalized spacial score (nSPS) is 13.5. The highest BCUT2D eigenvalue weighted by atomic mass is 28.2. The summed E-state index contributed by atoms with van der Waals surface area (Å²) < 4.78 is 5.24. The Morgan fingerprint density at radius 3 is 1.80 bits per heavy atom. The van der Waals surface area contributed by atoms with Crippen molar-refractivity contribution in [2.24, 2.45) is 11.8 Å². The fraction of sp³-hybridized carbons (Fsp3) is 0.909. The summed E-state index contributed by atoms with van der Waals surface area (Å²) >= 11 is 0. The molecule has 0 heterocycles. The summed E-state index contributed by atoms with van der Waals surface area (Å²) in [7, 11) is -0.855. The quantitative estimate of drug-likeness (QED) is 0.730. The maximum Gasteiger partial charge on any atom is 0.325 e. The molecule has 0 spiro atoms. The van der Waals surface area contributed by atoms with Gasteiger partial charge < -0.3 is 9.53 Å². The molecular formula is C11H24O3Si. The molecule has 0 fully saturated rings. The largest absolute Gasteiger partial charge is 0.523 e. The molecule has 3 nitrogen and oxygen atoms in total. The van der Waals surface area contributed by atoms with Gasteiger partial charge in [-0.25, -0.2) is 0 Å². The Hall–Kier alpha value is -0.353. The van der Waals surface area contributed by atoms with Crippen molar-refractivity contribution in [3.05, 3.63) is 0 Å². The summed E-state index contributed by atoms with van der Waals surface area (Å²) in [6.07, 6.45) is 0. The van der Waals surface area contributed by atoms with Gasteiger partial charge in [0.25, 0.3) is 0 Å². The zero-order valence-corrected chi connectivity index (χ0v) is 12.1. The van der Waals surface area contributed by atoms with Gasteiger partial charge in [0.2, 0.25) is 9.76 Å². The molecule has 90 valence electrons. The van der Waals surface area contributed by atoms with Crippen LogP contribution >= 0.6 is 0 Å². The fourth-order valence-corrected chi connectivity index (χ4v) is 2.21. The second-order valence-electron chi connectivity index (χ2n) is 5.13. The third-order valence-electron chi connectivity index (χ3n) is 2.64. The minimum atomic E-state index is -1.33. The van der Waals surface area contributed by atoms with Crippen molar-refractivity contribution in [3.63, 3.8) is 0 Å². The number of carbonyl (C=O) groups excluding carboxylic acids is 1. The minimum absolute atomic E-state index is 0.119. The summed E-state index contributed by atoms with van der Waals surface area (Å²) in [6.45, 7) is 11.4. The molecule has 0 bridgehead atoms. The highest BCUT2D eigenvalue weighted by molar-refractivity contribution is 6.32. The molecule has 15 heavy (non-hydrogen) atoms. The van der Waals surface area contributed by atoms with Crippen LogP contribution in [0.15, 0.2) is 0 Å². The van der Waals surface area contributed by atoms with Gasteiger partial charge in [0, 0.05) is 0 Å². The van der Waals surface area contributed by atoms with Crippen LogP contribution in [-0.4, -0.2) is 26.4 Å². The molecule has 0 aliphatic heterocycles. The molecule has 0 aliphatic rings. The Balaban J connectivity index is 4.58. The van der Waals surface area contributed by atoms with Crippen LogP contribution < -0.4 is 0 Å². The van der Waals surface area contributed by atoms with E-state index in [1.807, 2.05) is 41.5 Å². The third-order valence-corrected chi connectivity index (χ3v) is 3.73. The maximum atomic E-state index is 11.8. The Morgan fingerprint density at radius 1 is 1.13 bits per heavy atom. The molecule has 0 amide bonds. The van der Waals surface area contributed by atoms with Gasteiger partial charge in [-0.05, 0) is 17.4 Å². The smallest absolute Gasteiger partial charge is 0.325 e. The summed E-state index contributed by atoms with van der Waals surface area (Å²) in [5, 5.41) is 10.3. The van der Waals surface area contributed by atoms with Crippen LogP contribution in [0.4, 0.5) is 0 Å². The summed E-state index contributed by atoms with van der Waals surface area (Å²) in [4.78, 5) is 11.8. The monoisotopic (exact) mass is 232 g/mol. The fourth-order valence-electron chi connectivity index (χ4n) is 1.50. The van der Waals surface area contributed by atoms with Crippen LogP contribution in [0.25, 0.3) is 0 Å². The van der Waals surface area contributed by atoms with Crippen molar-refractivity contribution < 1.29 is 14.3 Å². The lowest BCUT2D eigenvalue weighted by Crippen LogP contribution is -2.50. The number of aliphatic hydroxyl groups is 1. The summed E-state index contributed by atoms with van der Waals surface area (Å²) in [6, 6.07) is 0. The van der Waals surface area contributed by atoms with E-state index in [0.29, 0.717) is 5.54 Å². The van der Waals surface area contributed by atoms with Gasteiger partial charge in [0.15, 0.2) is 5.60 Å². The van der Waals surface area contributed by atoms with E-state index in [1.165, 1.54) is 0 Å². The zero-order valence-electron chi connectivity index (χ0n) is 10.7. The second-order valence-corrected chi connectivity index (χ2v) is 7.38. The van der Waals surface area contributed by atoms with E-state index in [9.17, 15) is 9.90 Å². The first kappa shape index (κ1) is 14.6. The average Bonchev–Trinajstić information content (AvgIpc) is 2.11. The lowest BCUT2D eigenvalue weighted by Gasteiger charge is -2.33. The molecule has 0 aliphatic carbocycles. The molecule has 0 saturated heterocycles. The van der Waals surface area contributed by atoms with E-state index >= 15 is 0 Å². The second kappa shape index (κ2) is 5.65. The standard InChI is InChI=1S/C11H24O3Si/c1-7(2)11(13,8(3)4)10(12)14-15-9(5)6/h7-9,13H,15H2,1-6H3. The molecular weight excluding hydrogens is 208 g/mol. The number of rotatable bonds is 5. The highest BCUT2D eigenvalue weighted by Gasteiger charge is 2.43. The van der Waals surface area contributed by atoms with Crippen molar-refractivity contribution >= 4 is 15.7 Å². The number of carbonyl (C=O) groups is 1. The van der Waals surface area contributed by atoms with Crippen molar-refractivity contribution in [1.29, 1.82) is 0 Å². The molecule has 1 N–H and O–H groups in total. The van der Waals surface area contributed by atoms with E-state index in [0.717, 1.165) is 0 Å². The number of hydrogen-bond acceptors (Lipinski definition) is 3. The van der Waals surface area contributed by atoms with Gasteiger partial charge in [-0.2, -0.15) is 0 Å². The molecule has 0 atom stereocenters. The molecule has 0 rings (SSSR count). The minimum Gasteiger partial charge on any atom is -0.523 e. The molecule has 0 radical (unpaired) electrons. The van der Waals surface area contributed by atoms with Gasteiger partial charge in [-0.15, -0.1) is 0 Å². The Kier molecular flexibility index (Phi) is 5.52. The van der Waals surface area contributed by atoms with Gasteiger partial charge >= 0.3 is 5.97 Å². The molecule has 0 saturated carbocycles. The van der Waals surface area contributed by atoms with Gasteiger partial charge in [-0.3, -0.25) is 4.79 Å². The summed E-state index contributed by atoms with van der Waals surface area (Å²) in [5.74, 6) is -0.676. The van der Waals surface area contributed by atoms with Gasteiger partial charge in [0.05, 0.1) is 0 Å². The Labute approximate surface area is 95.2 Å². The molecule has 0 aromatic carbocycles. The third kappa shape index (κ3) is 3.61. The van der Waals surface area contributed by atoms with Crippen LogP contribution in [0.3, 0.4) is 0 Å². The van der Waals surface area contributed by atoms with Crippen LogP contribution in [0, 0.1) is 11.8 Å². The SMILES string of the molecule is CC(C)[SiH2]OC(=O)C(O)(C(C)C)C(C)C. The molecule has 0 aromatic heterocycles. The van der Waals surface area contributed by atoms with E-state index in [4.69, 9.17) is 4.43 Å². The van der Waals surface area contributed by atoms with Crippen LogP contribution in [-0.2, 0) is 9.22 Å². The topological polar surface area (TPSA) is 46.5 Å². The van der Waals surface area contributed by atoms with E-state index < -0.39 is 21.3 Å². The van der Waals surface area contributed by atoms with Gasteiger partial charge in [-0.1, -0.05) is 41.5 Å². The highest BCUT2D eigenvalue weighted by Crippen LogP contribution is 2.27. The van der Waals surface area contributed by atoms with Gasteiger partial charge in [0.1, 0.15) is 0 Å². The van der Waals surface area contributed by atoms with Crippen molar-refractivity contribution in [2.45, 2.75) is 52.7 Å². The lowest BCUT2D eigenvalue weighted by atomic mass is 9.80. The van der Waals surface area contributed by atoms with Crippen LogP contribution in [0.1, 0.15) is 41.5 Å². The predicted molar refractivity (Wildman–Crippen MR) is 64.4 cm³/mol. The Bertz CT molecular complexity index is 204. The maximum absolute atomic E-state index is 11.8. The van der Waals surface area contributed by atoms with Crippen molar-refractivity contribution in [3.8, 4) is 0 Å². The first-order valence-corrected chi connectivity index (χ1v) is 7.01. The van der Waals surface area contributed by atoms with Crippen LogP contribution in [0.2, 0.25) is 5.54 Å². The first-order valence-electron chi connectivity index (χ1n) is 5.62. The van der Waals surface area contributed by atoms with Crippen molar-refractivity contribution in [1.82, 2.24) is 0 Å². The molecule has 4 heteroatoms. The zero-order chi connectivity index (χ0) is 12.2. The molecule has 0 aromatic rings. The Morgan fingerprint density at radius 2 is 1.53 bits per heavy atom. The first-order chi connectivity index (χ1) is 6.72. The van der Waals surface area contributed by atoms with Crippen molar-refractivity contribution in [2.75, 3.05) is 0 Å². The lowest BCUT2D eigenvalue weighted by molar-refractivity contribution is -0.166. The van der Waals surface area contributed by atoms with Crippen LogP contribution in [0.5, 0.6) is 0 Å².